The molecule has 0 aliphatic heterocycles. The molecule has 22 heavy (non-hydrogen) atoms. The molecule has 0 bridgehead atoms. The molecule has 1 atom stereocenters. The van der Waals surface area contributed by atoms with Crippen molar-refractivity contribution in [3.63, 3.8) is 0 Å². The molecule has 1 aromatic carbocycles. The van der Waals surface area contributed by atoms with E-state index in [4.69, 9.17) is 13.3 Å². The Labute approximate surface area is 136 Å². The van der Waals surface area contributed by atoms with E-state index < -0.39 is 8.80 Å². The second kappa shape index (κ2) is 10.8. The lowest BCUT2D eigenvalue weighted by molar-refractivity contribution is 0.0370. The van der Waals surface area contributed by atoms with Crippen LogP contribution in [0, 0.1) is 0 Å². The van der Waals surface area contributed by atoms with Gasteiger partial charge >= 0.3 is 8.80 Å². The third-order valence-electron chi connectivity index (χ3n) is 3.45. The Bertz CT molecular complexity index is 383. The fourth-order valence-corrected chi connectivity index (χ4v) is 5.13. The summed E-state index contributed by atoms with van der Waals surface area (Å²) in [5.41, 5.74) is 1.14. The summed E-state index contributed by atoms with van der Waals surface area (Å²) in [5, 5.41) is 3.42. The lowest BCUT2D eigenvalue weighted by atomic mass is 10.3. The number of hydrogen-bond donors (Lipinski definition) is 1. The van der Waals surface area contributed by atoms with E-state index in [0.717, 1.165) is 31.1 Å². The number of nitrogens with one attached hydrogen (secondary N) is 1. The average Bonchev–Trinajstić information content (AvgIpc) is 2.53. The normalized spacial score (nSPS) is 13.1. The zero-order valence-corrected chi connectivity index (χ0v) is 15.4. The monoisotopic (exact) mass is 325 g/mol. The highest BCUT2D eigenvalue weighted by atomic mass is 28.4. The predicted octanol–water partition coefficient (Wildman–Crippen LogP) is 4.32. The minimum atomic E-state index is -2.56. The SMILES string of the molecule is CCO[Si](CCCNc1ccccc1)(OCC)OC(C)CC. The topological polar surface area (TPSA) is 39.7 Å². The molecule has 0 saturated carbocycles. The van der Waals surface area contributed by atoms with Crippen LogP contribution in [-0.4, -0.2) is 34.7 Å². The van der Waals surface area contributed by atoms with Gasteiger partial charge in [0, 0.05) is 37.6 Å². The summed E-state index contributed by atoms with van der Waals surface area (Å²) in [6.45, 7) is 10.4. The van der Waals surface area contributed by atoms with Gasteiger partial charge in [-0.2, -0.15) is 0 Å². The Morgan fingerprint density at radius 1 is 1.05 bits per heavy atom. The molecule has 1 unspecified atom stereocenters. The molecule has 1 rings (SSSR count). The van der Waals surface area contributed by atoms with Crippen molar-refractivity contribution in [1.29, 1.82) is 0 Å². The van der Waals surface area contributed by atoms with Crippen molar-refractivity contribution in [1.82, 2.24) is 0 Å². The van der Waals surface area contributed by atoms with Crippen LogP contribution < -0.4 is 5.32 Å². The van der Waals surface area contributed by atoms with E-state index in [0.29, 0.717) is 13.2 Å². The molecule has 0 fully saturated rings. The first-order chi connectivity index (χ1) is 10.7. The zero-order chi connectivity index (χ0) is 16.3. The number of para-hydroxylation sites is 1. The van der Waals surface area contributed by atoms with Gasteiger partial charge in [0.2, 0.25) is 0 Å². The smallest absolute Gasteiger partial charge is 0.385 e. The van der Waals surface area contributed by atoms with E-state index in [9.17, 15) is 0 Å². The van der Waals surface area contributed by atoms with Gasteiger partial charge in [-0.15, -0.1) is 0 Å². The molecule has 0 amide bonds. The molecule has 4 nitrogen and oxygen atoms in total. The predicted molar refractivity (Wildman–Crippen MR) is 94.2 cm³/mol. The highest BCUT2D eigenvalue weighted by Gasteiger charge is 2.41. The van der Waals surface area contributed by atoms with Crippen molar-refractivity contribution >= 4 is 14.5 Å². The summed E-state index contributed by atoms with van der Waals surface area (Å²) in [6.07, 6.45) is 2.11. The van der Waals surface area contributed by atoms with Crippen LogP contribution in [0.5, 0.6) is 0 Å². The highest BCUT2D eigenvalue weighted by Crippen LogP contribution is 2.21. The van der Waals surface area contributed by atoms with Crippen molar-refractivity contribution in [2.24, 2.45) is 0 Å². The number of rotatable bonds is 12. The number of hydrogen-bond acceptors (Lipinski definition) is 4. The molecule has 0 radical (unpaired) electrons. The first-order valence-electron chi connectivity index (χ1n) is 8.40. The second-order valence-corrected chi connectivity index (χ2v) is 7.96. The first kappa shape index (κ1) is 19.2. The Kier molecular flexibility index (Phi) is 9.39. The molecule has 5 heteroatoms. The van der Waals surface area contributed by atoms with Crippen molar-refractivity contribution in [3.05, 3.63) is 30.3 Å². The lowest BCUT2D eigenvalue weighted by Crippen LogP contribution is -2.48. The minimum Gasteiger partial charge on any atom is -0.385 e. The van der Waals surface area contributed by atoms with Gasteiger partial charge in [-0.3, -0.25) is 0 Å². The summed E-state index contributed by atoms with van der Waals surface area (Å²) in [4.78, 5) is 0. The van der Waals surface area contributed by atoms with Crippen LogP contribution in [0.2, 0.25) is 6.04 Å². The maximum absolute atomic E-state index is 6.19. The van der Waals surface area contributed by atoms with E-state index >= 15 is 0 Å². The molecule has 0 aromatic heterocycles. The van der Waals surface area contributed by atoms with Gasteiger partial charge < -0.3 is 18.6 Å². The van der Waals surface area contributed by atoms with Crippen molar-refractivity contribution in [2.45, 2.75) is 52.7 Å². The van der Waals surface area contributed by atoms with Crippen molar-refractivity contribution in [2.75, 3.05) is 25.1 Å². The molecule has 0 spiro atoms. The third kappa shape index (κ3) is 6.92. The van der Waals surface area contributed by atoms with Crippen LogP contribution in [0.1, 0.15) is 40.5 Å². The Morgan fingerprint density at radius 2 is 1.68 bits per heavy atom. The fourth-order valence-electron chi connectivity index (χ4n) is 2.24. The van der Waals surface area contributed by atoms with Gasteiger partial charge in [0.15, 0.2) is 0 Å². The molecule has 126 valence electrons. The maximum atomic E-state index is 6.19. The van der Waals surface area contributed by atoms with Gasteiger partial charge in [-0.25, -0.2) is 0 Å². The third-order valence-corrected chi connectivity index (χ3v) is 6.63. The van der Waals surface area contributed by atoms with Crippen LogP contribution >= 0.6 is 0 Å². The van der Waals surface area contributed by atoms with E-state index in [2.05, 4.69) is 31.3 Å². The molecule has 0 aliphatic carbocycles. The summed E-state index contributed by atoms with van der Waals surface area (Å²) in [5.74, 6) is 0. The molecule has 0 heterocycles. The van der Waals surface area contributed by atoms with Gasteiger partial charge in [0.1, 0.15) is 0 Å². The summed E-state index contributed by atoms with van der Waals surface area (Å²) in [6, 6.07) is 11.1. The number of benzene rings is 1. The van der Waals surface area contributed by atoms with Crippen LogP contribution in [0.3, 0.4) is 0 Å². The van der Waals surface area contributed by atoms with E-state index in [1.807, 2.05) is 32.0 Å². The molecule has 1 N–H and O–H groups in total. The van der Waals surface area contributed by atoms with Crippen LogP contribution in [0.15, 0.2) is 30.3 Å². The zero-order valence-electron chi connectivity index (χ0n) is 14.4. The van der Waals surface area contributed by atoms with Crippen LogP contribution in [-0.2, 0) is 13.3 Å². The fraction of sp³-hybridized carbons (Fsp3) is 0.647. The van der Waals surface area contributed by atoms with Gasteiger partial charge in [0.25, 0.3) is 0 Å². The number of anilines is 1. The minimum absolute atomic E-state index is 0.173. The van der Waals surface area contributed by atoms with Crippen molar-refractivity contribution < 1.29 is 13.3 Å². The van der Waals surface area contributed by atoms with Crippen LogP contribution in [0.4, 0.5) is 5.69 Å². The van der Waals surface area contributed by atoms with Gasteiger partial charge in [-0.1, -0.05) is 25.1 Å². The second-order valence-electron chi connectivity index (χ2n) is 5.28. The molecule has 0 aliphatic rings. The van der Waals surface area contributed by atoms with Crippen molar-refractivity contribution in [3.8, 4) is 0 Å². The first-order valence-corrected chi connectivity index (χ1v) is 10.3. The van der Waals surface area contributed by atoms with Gasteiger partial charge in [-0.05, 0) is 45.7 Å². The van der Waals surface area contributed by atoms with E-state index in [-0.39, 0.29) is 6.10 Å². The Morgan fingerprint density at radius 3 is 2.23 bits per heavy atom. The molecular formula is C17H31NO3Si. The lowest BCUT2D eigenvalue weighted by Gasteiger charge is -2.31. The Hall–Kier alpha value is -0.883. The van der Waals surface area contributed by atoms with E-state index in [1.165, 1.54) is 0 Å². The largest absolute Gasteiger partial charge is 0.501 e. The standard InChI is InChI=1S/C17H31NO3Si/c1-5-16(4)21-22(19-6-2,20-7-3)15-11-14-18-17-12-9-8-10-13-17/h8-10,12-13,16,18H,5-7,11,14-15H2,1-4H3. The highest BCUT2D eigenvalue weighted by molar-refractivity contribution is 6.60. The van der Waals surface area contributed by atoms with E-state index in [1.54, 1.807) is 0 Å². The van der Waals surface area contributed by atoms with Crippen LogP contribution in [0.25, 0.3) is 0 Å². The summed E-state index contributed by atoms with van der Waals surface area (Å²) in [7, 11) is -2.56. The summed E-state index contributed by atoms with van der Waals surface area (Å²) < 4.78 is 18.1. The molecular weight excluding hydrogens is 294 g/mol. The quantitative estimate of drug-likeness (QED) is 0.459. The average molecular weight is 326 g/mol. The van der Waals surface area contributed by atoms with Gasteiger partial charge in [0.05, 0.1) is 0 Å². The molecule has 0 saturated heterocycles. The summed E-state index contributed by atoms with van der Waals surface area (Å²) >= 11 is 0. The Balaban J connectivity index is 2.51. The maximum Gasteiger partial charge on any atom is 0.501 e. The molecule has 1 aromatic rings.